The highest BCUT2D eigenvalue weighted by Crippen LogP contribution is 2.32. The fourth-order valence-corrected chi connectivity index (χ4v) is 2.96. The van der Waals surface area contributed by atoms with Crippen molar-refractivity contribution < 1.29 is 27.9 Å². The van der Waals surface area contributed by atoms with Crippen molar-refractivity contribution in [3.05, 3.63) is 29.3 Å². The van der Waals surface area contributed by atoms with E-state index < -0.39 is 42.5 Å². The number of hydrogen-bond donors (Lipinski definition) is 2. The van der Waals surface area contributed by atoms with Crippen LogP contribution in [0, 0.1) is 6.92 Å². The number of aryl methyl sites for hydroxylation is 1. The summed E-state index contributed by atoms with van der Waals surface area (Å²) in [7, 11) is 3.01. The van der Waals surface area contributed by atoms with Crippen LogP contribution < -0.4 is 15.4 Å². The number of amides is 2. The lowest BCUT2D eigenvalue weighted by molar-refractivity contribution is -0.144. The number of nitrogens with zero attached hydrogens (tertiary/aromatic N) is 1. The number of rotatable bonds is 7. The van der Waals surface area contributed by atoms with Gasteiger partial charge in [-0.3, -0.25) is 14.4 Å². The minimum Gasteiger partial charge on any atom is -0.496 e. The monoisotopic (exact) mass is 383 g/mol. The second kappa shape index (κ2) is 8.43. The van der Waals surface area contributed by atoms with Gasteiger partial charge in [-0.05, 0) is 31.2 Å². The standard InChI is InChI=1S/C18H23F2N3O4/c1-11-4-5-12(6-14(11)27-3)8-22-17(26)16(25)13-7-18(19,20)10-23(13)15(24)9-21-2/h4-6,13,21H,7-10H2,1-3H3,(H,22,26). The Kier molecular flexibility index (Phi) is 6.48. The first-order valence-electron chi connectivity index (χ1n) is 8.46. The molecule has 2 amide bonds. The van der Waals surface area contributed by atoms with E-state index in [0.29, 0.717) is 11.3 Å². The second-order valence-corrected chi connectivity index (χ2v) is 6.48. The number of Topliss-reactive ketones (excluding diaryl/α,β-unsaturated/α-hetero) is 1. The molecular weight excluding hydrogens is 360 g/mol. The molecule has 1 unspecified atom stereocenters. The van der Waals surface area contributed by atoms with Crippen LogP contribution in [-0.4, -0.2) is 61.7 Å². The number of carbonyl (C=O) groups excluding carboxylic acids is 3. The van der Waals surface area contributed by atoms with E-state index in [0.717, 1.165) is 10.5 Å². The Hall–Kier alpha value is -2.55. The van der Waals surface area contributed by atoms with Crippen LogP contribution in [0.3, 0.4) is 0 Å². The molecular formula is C18H23F2N3O4. The van der Waals surface area contributed by atoms with Crippen molar-refractivity contribution in [1.82, 2.24) is 15.5 Å². The van der Waals surface area contributed by atoms with Gasteiger partial charge in [0.1, 0.15) is 11.8 Å². The fraction of sp³-hybridized carbons (Fsp3) is 0.500. The molecule has 1 fully saturated rings. The minimum absolute atomic E-state index is 0.0365. The molecule has 2 N–H and O–H groups in total. The van der Waals surface area contributed by atoms with E-state index in [2.05, 4.69) is 10.6 Å². The number of likely N-dealkylation sites (N-methyl/N-ethyl adjacent to an activating group) is 1. The minimum atomic E-state index is -3.20. The van der Waals surface area contributed by atoms with Gasteiger partial charge >= 0.3 is 0 Å². The van der Waals surface area contributed by atoms with Crippen LogP contribution in [0.2, 0.25) is 0 Å². The van der Waals surface area contributed by atoms with Gasteiger partial charge in [0, 0.05) is 13.0 Å². The molecule has 1 saturated heterocycles. The van der Waals surface area contributed by atoms with Crippen molar-refractivity contribution in [3.63, 3.8) is 0 Å². The normalized spacial score (nSPS) is 18.3. The SMILES string of the molecule is CNCC(=O)N1CC(F)(F)CC1C(=O)C(=O)NCc1ccc(C)c(OC)c1. The predicted molar refractivity (Wildman–Crippen MR) is 93.6 cm³/mol. The summed E-state index contributed by atoms with van der Waals surface area (Å²) in [5.74, 6) is -5.26. The Balaban J connectivity index is 2.04. The number of hydrogen-bond acceptors (Lipinski definition) is 5. The van der Waals surface area contributed by atoms with E-state index in [1.165, 1.54) is 14.2 Å². The zero-order chi connectivity index (χ0) is 20.2. The lowest BCUT2D eigenvalue weighted by atomic mass is 10.1. The molecule has 1 aliphatic rings. The van der Waals surface area contributed by atoms with Gasteiger partial charge in [-0.25, -0.2) is 8.78 Å². The maximum atomic E-state index is 13.7. The maximum Gasteiger partial charge on any atom is 0.289 e. The number of carbonyl (C=O) groups is 3. The topological polar surface area (TPSA) is 87.7 Å². The molecule has 1 aliphatic heterocycles. The van der Waals surface area contributed by atoms with Gasteiger partial charge in [-0.15, -0.1) is 0 Å². The number of likely N-dealkylation sites (tertiary alicyclic amines) is 1. The second-order valence-electron chi connectivity index (χ2n) is 6.48. The third kappa shape index (κ3) is 5.00. The molecule has 1 aromatic carbocycles. The summed E-state index contributed by atoms with van der Waals surface area (Å²) in [6.45, 7) is 0.841. The van der Waals surface area contributed by atoms with E-state index in [1.54, 1.807) is 18.2 Å². The largest absolute Gasteiger partial charge is 0.496 e. The molecule has 9 heteroatoms. The fourth-order valence-electron chi connectivity index (χ4n) is 2.96. The lowest BCUT2D eigenvalue weighted by Gasteiger charge is -2.22. The summed E-state index contributed by atoms with van der Waals surface area (Å²) < 4.78 is 32.7. The van der Waals surface area contributed by atoms with Gasteiger partial charge in [0.05, 0.1) is 20.2 Å². The summed E-state index contributed by atoms with van der Waals surface area (Å²) in [6.07, 6.45) is -0.854. The van der Waals surface area contributed by atoms with Crippen LogP contribution in [0.5, 0.6) is 5.75 Å². The average Bonchev–Trinajstić information content (AvgIpc) is 2.96. The quantitative estimate of drug-likeness (QED) is 0.675. The number of ether oxygens (including phenoxy) is 1. The number of benzene rings is 1. The highest BCUT2D eigenvalue weighted by atomic mass is 19.3. The Morgan fingerprint density at radius 2 is 2.04 bits per heavy atom. The number of halogens is 2. The molecule has 1 atom stereocenters. The lowest BCUT2D eigenvalue weighted by Crippen LogP contribution is -2.48. The van der Waals surface area contributed by atoms with Crippen molar-refractivity contribution in [2.45, 2.75) is 31.9 Å². The first-order valence-corrected chi connectivity index (χ1v) is 8.46. The molecule has 1 heterocycles. The van der Waals surface area contributed by atoms with Crippen molar-refractivity contribution in [1.29, 1.82) is 0 Å². The Morgan fingerprint density at radius 1 is 1.33 bits per heavy atom. The molecule has 0 aromatic heterocycles. The number of methoxy groups -OCH3 is 1. The van der Waals surface area contributed by atoms with Crippen LogP contribution in [0.4, 0.5) is 8.78 Å². The molecule has 0 saturated carbocycles. The van der Waals surface area contributed by atoms with Gasteiger partial charge < -0.3 is 20.3 Å². The van der Waals surface area contributed by atoms with E-state index in [9.17, 15) is 23.2 Å². The van der Waals surface area contributed by atoms with Gasteiger partial charge in [0.2, 0.25) is 11.7 Å². The maximum absolute atomic E-state index is 13.7. The van der Waals surface area contributed by atoms with Crippen LogP contribution in [0.1, 0.15) is 17.5 Å². The molecule has 1 aromatic rings. The molecule has 7 nitrogen and oxygen atoms in total. The molecule has 0 spiro atoms. The van der Waals surface area contributed by atoms with Crippen molar-refractivity contribution >= 4 is 17.6 Å². The van der Waals surface area contributed by atoms with E-state index in [1.807, 2.05) is 6.92 Å². The van der Waals surface area contributed by atoms with E-state index in [-0.39, 0.29) is 13.1 Å². The molecule has 0 radical (unpaired) electrons. The highest BCUT2D eigenvalue weighted by molar-refractivity contribution is 6.38. The molecule has 2 rings (SSSR count). The van der Waals surface area contributed by atoms with Crippen LogP contribution in [0.25, 0.3) is 0 Å². The van der Waals surface area contributed by atoms with Crippen LogP contribution >= 0.6 is 0 Å². The summed E-state index contributed by atoms with van der Waals surface area (Å²) >= 11 is 0. The van der Waals surface area contributed by atoms with Gasteiger partial charge in [-0.1, -0.05) is 12.1 Å². The van der Waals surface area contributed by atoms with Crippen molar-refractivity contribution in [3.8, 4) is 5.75 Å². The Bertz CT molecular complexity index is 739. The third-order valence-electron chi connectivity index (χ3n) is 4.37. The highest BCUT2D eigenvalue weighted by Gasteiger charge is 2.50. The summed E-state index contributed by atoms with van der Waals surface area (Å²) in [4.78, 5) is 37.3. The molecule has 27 heavy (non-hydrogen) atoms. The third-order valence-corrected chi connectivity index (χ3v) is 4.37. The first-order chi connectivity index (χ1) is 12.7. The van der Waals surface area contributed by atoms with E-state index in [4.69, 9.17) is 4.74 Å². The van der Waals surface area contributed by atoms with Gasteiger partial charge in [-0.2, -0.15) is 0 Å². The number of ketones is 1. The summed E-state index contributed by atoms with van der Waals surface area (Å²) in [5, 5.41) is 4.99. The Labute approximate surface area is 156 Å². The molecule has 0 bridgehead atoms. The number of nitrogens with one attached hydrogen (secondary N) is 2. The van der Waals surface area contributed by atoms with Crippen LogP contribution in [0.15, 0.2) is 18.2 Å². The van der Waals surface area contributed by atoms with Crippen molar-refractivity contribution in [2.24, 2.45) is 0 Å². The van der Waals surface area contributed by atoms with Gasteiger partial charge in [0.15, 0.2) is 0 Å². The zero-order valence-corrected chi connectivity index (χ0v) is 15.5. The predicted octanol–water partition coefficient (Wildman–Crippen LogP) is 0.645. The smallest absolute Gasteiger partial charge is 0.289 e. The summed E-state index contributed by atoms with van der Waals surface area (Å²) in [6, 6.07) is 3.81. The molecule has 148 valence electrons. The molecule has 0 aliphatic carbocycles. The van der Waals surface area contributed by atoms with Crippen molar-refractivity contribution in [2.75, 3.05) is 27.2 Å². The van der Waals surface area contributed by atoms with Gasteiger partial charge in [0.25, 0.3) is 11.8 Å². The first kappa shape index (κ1) is 20.8. The van der Waals surface area contributed by atoms with E-state index >= 15 is 0 Å². The summed E-state index contributed by atoms with van der Waals surface area (Å²) in [5.41, 5.74) is 1.61. The van der Waals surface area contributed by atoms with Crippen LogP contribution in [-0.2, 0) is 20.9 Å². The zero-order valence-electron chi connectivity index (χ0n) is 15.5. The Morgan fingerprint density at radius 3 is 2.67 bits per heavy atom. The average molecular weight is 383 g/mol. The number of alkyl halides is 2.